The Labute approximate surface area is 440 Å². The number of carbonyl (C=O) groups is 9. The molecule has 2 aromatic rings. The highest BCUT2D eigenvalue weighted by Crippen LogP contribution is 2.26. The number of likely N-dealkylation sites (tertiary alicyclic amines) is 3. The molecular formula is C50H73N15O11. The third-order valence-corrected chi connectivity index (χ3v) is 13.4. The first kappa shape index (κ1) is 59.0. The fraction of sp³-hybridized carbons (Fsp3) is 0.540. The van der Waals surface area contributed by atoms with Crippen molar-refractivity contribution in [1.82, 2.24) is 41.3 Å². The second kappa shape index (κ2) is 29.3. The van der Waals surface area contributed by atoms with E-state index in [1.54, 1.807) is 60.7 Å². The first-order valence-electron chi connectivity index (χ1n) is 25.6. The van der Waals surface area contributed by atoms with Crippen LogP contribution in [0.2, 0.25) is 0 Å². The second-order valence-electron chi connectivity index (χ2n) is 19.0. The molecule has 0 bridgehead atoms. The maximum absolute atomic E-state index is 14.1. The van der Waals surface area contributed by atoms with Gasteiger partial charge < -0.3 is 80.2 Å². The third-order valence-electron chi connectivity index (χ3n) is 13.4. The lowest BCUT2D eigenvalue weighted by Gasteiger charge is -2.32. The van der Waals surface area contributed by atoms with E-state index in [2.05, 4.69) is 36.6 Å². The van der Waals surface area contributed by atoms with Crippen LogP contribution in [-0.4, -0.2) is 184 Å². The molecule has 3 unspecified atom stereocenters. The van der Waals surface area contributed by atoms with Crippen molar-refractivity contribution in [3.8, 4) is 0 Å². The summed E-state index contributed by atoms with van der Waals surface area (Å²) in [6.45, 7) is -0.442. The number of hydrogen-bond donors (Lipinski definition) is 12. The number of aliphatic hydroxyl groups excluding tert-OH is 1. The summed E-state index contributed by atoms with van der Waals surface area (Å²) in [5.74, 6) is -6.93. The topological polar surface area (TPSA) is 419 Å². The minimum atomic E-state index is -1.59. The fourth-order valence-corrected chi connectivity index (χ4v) is 9.55. The molecule has 3 aliphatic rings. The molecule has 3 aliphatic heterocycles. The summed E-state index contributed by atoms with van der Waals surface area (Å²) >= 11 is 0. The number of amides is 8. The van der Waals surface area contributed by atoms with Crippen LogP contribution in [0.4, 0.5) is 0 Å². The average molecular weight is 1060 g/mol. The van der Waals surface area contributed by atoms with E-state index in [-0.39, 0.29) is 69.6 Å². The number of carboxylic acids is 1. The Morgan fingerprint density at radius 3 is 1.58 bits per heavy atom. The van der Waals surface area contributed by atoms with Crippen molar-refractivity contribution >= 4 is 65.1 Å². The number of nitrogens with zero attached hydrogens (tertiary/aromatic N) is 5. The van der Waals surface area contributed by atoms with E-state index < -0.39 is 109 Å². The Kier molecular flexibility index (Phi) is 22.7. The molecule has 8 atom stereocenters. The lowest BCUT2D eigenvalue weighted by Crippen LogP contribution is -2.60. The SMILES string of the molecule is NC(N)=NCCC[C@H](NC(=O)C(Cc1ccccc1)NC(=O)[C@@H]1CCCN1C(=O)C(CO)NC(=O)C(Cc1ccccc1)NC(=O)CNC(=O)[C@@H]1CCCN1C(=O)[C@@H]1CCCN1C(=O)[C@@H](N)CCCN=C(N)N)C(=O)O. The van der Waals surface area contributed by atoms with Gasteiger partial charge in [-0.25, -0.2) is 4.79 Å². The van der Waals surface area contributed by atoms with Gasteiger partial charge in [-0.15, -0.1) is 0 Å². The van der Waals surface area contributed by atoms with E-state index in [4.69, 9.17) is 28.7 Å². The van der Waals surface area contributed by atoms with E-state index in [1.807, 2.05) is 0 Å². The van der Waals surface area contributed by atoms with Crippen LogP contribution in [-0.2, 0) is 56.0 Å². The molecule has 5 rings (SSSR count). The summed E-state index contributed by atoms with van der Waals surface area (Å²) in [4.78, 5) is 134. The minimum absolute atomic E-state index is 0.0209. The highest BCUT2D eigenvalue weighted by molar-refractivity contribution is 5.98. The summed E-state index contributed by atoms with van der Waals surface area (Å²) in [6.07, 6.45) is 3.13. The van der Waals surface area contributed by atoms with Gasteiger partial charge in [0, 0.05) is 45.6 Å². The van der Waals surface area contributed by atoms with Gasteiger partial charge in [0.25, 0.3) is 0 Å². The largest absolute Gasteiger partial charge is 0.480 e. The van der Waals surface area contributed by atoms with Crippen molar-refractivity contribution in [2.24, 2.45) is 38.7 Å². The molecule has 0 aliphatic carbocycles. The molecule has 3 saturated heterocycles. The first-order valence-corrected chi connectivity index (χ1v) is 25.6. The summed E-state index contributed by atoms with van der Waals surface area (Å²) in [5, 5.41) is 33.3. The number of nitrogens with one attached hydrogen (secondary N) is 5. The summed E-state index contributed by atoms with van der Waals surface area (Å²) in [7, 11) is 0. The molecule has 3 heterocycles. The van der Waals surface area contributed by atoms with Gasteiger partial charge in [0.05, 0.1) is 19.2 Å². The zero-order valence-electron chi connectivity index (χ0n) is 42.5. The van der Waals surface area contributed by atoms with Gasteiger partial charge in [-0.2, -0.15) is 0 Å². The van der Waals surface area contributed by atoms with Crippen LogP contribution in [0.15, 0.2) is 70.6 Å². The quantitative estimate of drug-likeness (QED) is 0.0231. The smallest absolute Gasteiger partial charge is 0.326 e. The molecule has 76 heavy (non-hydrogen) atoms. The van der Waals surface area contributed by atoms with Crippen molar-refractivity contribution in [1.29, 1.82) is 0 Å². The van der Waals surface area contributed by atoms with Gasteiger partial charge in [-0.3, -0.25) is 48.3 Å². The third kappa shape index (κ3) is 17.4. The predicted molar refractivity (Wildman–Crippen MR) is 278 cm³/mol. The van der Waals surface area contributed by atoms with Gasteiger partial charge in [0.2, 0.25) is 47.3 Å². The Morgan fingerprint density at radius 1 is 0.579 bits per heavy atom. The van der Waals surface area contributed by atoms with Gasteiger partial charge in [-0.05, 0) is 75.3 Å². The molecule has 26 heteroatoms. The number of aliphatic carboxylic acids is 1. The molecule has 8 amide bonds. The molecule has 17 N–H and O–H groups in total. The van der Waals surface area contributed by atoms with E-state index in [9.17, 15) is 53.4 Å². The van der Waals surface area contributed by atoms with Crippen LogP contribution in [0.3, 0.4) is 0 Å². The molecule has 0 saturated carbocycles. The summed E-state index contributed by atoms with van der Waals surface area (Å²) in [5.41, 5.74) is 29.0. The molecule has 26 nitrogen and oxygen atoms in total. The average Bonchev–Trinajstić information content (AvgIpc) is 4.22. The minimum Gasteiger partial charge on any atom is -0.480 e. The van der Waals surface area contributed by atoms with Gasteiger partial charge >= 0.3 is 5.97 Å². The van der Waals surface area contributed by atoms with Crippen LogP contribution >= 0.6 is 0 Å². The van der Waals surface area contributed by atoms with Crippen LogP contribution in [0.1, 0.15) is 75.3 Å². The maximum Gasteiger partial charge on any atom is 0.326 e. The van der Waals surface area contributed by atoms with Gasteiger partial charge in [-0.1, -0.05) is 60.7 Å². The number of hydrogen-bond acceptors (Lipinski definition) is 13. The van der Waals surface area contributed by atoms with E-state index in [0.29, 0.717) is 69.2 Å². The van der Waals surface area contributed by atoms with Crippen molar-refractivity contribution in [2.45, 2.75) is 125 Å². The van der Waals surface area contributed by atoms with E-state index in [0.717, 1.165) is 0 Å². The summed E-state index contributed by atoms with van der Waals surface area (Å²) < 4.78 is 0. The van der Waals surface area contributed by atoms with Crippen molar-refractivity contribution < 1.29 is 53.4 Å². The zero-order chi connectivity index (χ0) is 55.3. The number of aliphatic hydroxyl groups is 1. The number of guanidine groups is 2. The van der Waals surface area contributed by atoms with Crippen molar-refractivity contribution in [2.75, 3.05) is 45.9 Å². The molecule has 2 aromatic carbocycles. The molecule has 3 fully saturated rings. The Hall–Kier alpha value is -7.87. The number of rotatable bonds is 27. The molecule has 0 spiro atoms. The second-order valence-corrected chi connectivity index (χ2v) is 19.0. The fourth-order valence-electron chi connectivity index (χ4n) is 9.55. The predicted octanol–water partition coefficient (Wildman–Crippen LogP) is -3.99. The van der Waals surface area contributed by atoms with Crippen LogP contribution in [0.25, 0.3) is 0 Å². The standard InChI is InChI=1S/C50H73N15O11/c51-32(16-7-21-56-49(52)53)45(72)65-25-11-20-39(65)47(74)64-24-9-18-37(64)43(70)58-28-40(67)59-34(26-30-12-3-1-4-13-30)41(68)62-36(29-66)46(73)63-23-10-19-38(63)44(71)61-35(27-31-14-5-2-6-15-31)42(69)60-33(48(75)76)17-8-22-57-50(54)55/h1-6,12-15,32-39,66H,7-11,16-29,51H2,(H,58,70)(H,59,67)(H,60,69)(H,61,71)(H,62,68)(H,75,76)(H4,52,53,56)(H4,54,55,57)/t32-,33-,34?,35?,36?,37-,38-,39-/m0/s1. The van der Waals surface area contributed by atoms with Crippen LogP contribution in [0, 0.1) is 0 Å². The van der Waals surface area contributed by atoms with E-state index in [1.165, 1.54) is 14.7 Å². The maximum atomic E-state index is 14.1. The number of nitrogens with two attached hydrogens (primary N) is 5. The van der Waals surface area contributed by atoms with Crippen LogP contribution in [0.5, 0.6) is 0 Å². The number of carboxylic acid groups (broad SMARTS) is 1. The molecule has 0 radical (unpaired) electrons. The molecular weight excluding hydrogens is 987 g/mol. The van der Waals surface area contributed by atoms with E-state index >= 15 is 0 Å². The highest BCUT2D eigenvalue weighted by Gasteiger charge is 2.44. The number of aliphatic imine (C=N–C) groups is 2. The molecule has 0 aromatic heterocycles. The summed E-state index contributed by atoms with van der Waals surface area (Å²) in [6, 6.07) is 8.00. The Balaban J connectivity index is 1.21. The highest BCUT2D eigenvalue weighted by atomic mass is 16.4. The molecule has 414 valence electrons. The van der Waals surface area contributed by atoms with Gasteiger partial charge in [0.1, 0.15) is 42.3 Å². The Morgan fingerprint density at radius 2 is 1.05 bits per heavy atom. The monoisotopic (exact) mass is 1060 g/mol. The van der Waals surface area contributed by atoms with Crippen molar-refractivity contribution in [3.05, 3.63) is 71.8 Å². The van der Waals surface area contributed by atoms with Crippen LogP contribution < -0.4 is 55.3 Å². The lowest BCUT2D eigenvalue weighted by atomic mass is 10.0. The zero-order valence-corrected chi connectivity index (χ0v) is 42.5. The van der Waals surface area contributed by atoms with Gasteiger partial charge in [0.15, 0.2) is 11.9 Å². The number of carbonyl (C=O) groups excluding carboxylic acids is 8. The number of benzene rings is 2. The normalized spacial score (nSPS) is 19.0. The lowest BCUT2D eigenvalue weighted by molar-refractivity contribution is -0.147. The van der Waals surface area contributed by atoms with Crippen molar-refractivity contribution in [3.63, 3.8) is 0 Å². The first-order chi connectivity index (χ1) is 36.4. The Bertz CT molecular complexity index is 2400.